The molecule has 9 heteroatoms. The molecule has 0 aliphatic rings. The Hall–Kier alpha value is -1.06. The smallest absolute Gasteiger partial charge is 0.401 e. The summed E-state index contributed by atoms with van der Waals surface area (Å²) in [6.07, 6.45) is -3.92. The minimum absolute atomic E-state index is 0.00172. The standard InChI is InChI=1S/C10H19F3N2O4/c1-17-3-2-4-18-5-6-19-7-8(9(14)15-16)10(11,12)13/h8,16H,2-7H2,1H3,(H2,14,15). The minimum Gasteiger partial charge on any atom is -0.409 e. The van der Waals surface area contributed by atoms with E-state index in [2.05, 4.69) is 5.16 Å². The number of nitrogens with zero attached hydrogens (tertiary/aromatic N) is 1. The van der Waals surface area contributed by atoms with Gasteiger partial charge in [-0.05, 0) is 6.42 Å². The number of nitrogens with two attached hydrogens (primary N) is 1. The van der Waals surface area contributed by atoms with Crippen LogP contribution in [0.2, 0.25) is 0 Å². The Kier molecular flexibility index (Phi) is 9.27. The largest absolute Gasteiger partial charge is 0.409 e. The third kappa shape index (κ3) is 8.62. The summed E-state index contributed by atoms with van der Waals surface area (Å²) < 4.78 is 52.1. The number of ether oxygens (including phenoxy) is 3. The molecule has 6 nitrogen and oxygen atoms in total. The zero-order chi connectivity index (χ0) is 14.7. The van der Waals surface area contributed by atoms with E-state index in [4.69, 9.17) is 25.2 Å². The fourth-order valence-corrected chi connectivity index (χ4v) is 1.14. The first-order valence-electron chi connectivity index (χ1n) is 5.62. The normalized spacial score (nSPS) is 14.6. The van der Waals surface area contributed by atoms with E-state index in [1.807, 2.05) is 0 Å². The quantitative estimate of drug-likeness (QED) is 0.206. The third-order valence-corrected chi connectivity index (χ3v) is 2.16. The van der Waals surface area contributed by atoms with Gasteiger partial charge in [-0.15, -0.1) is 0 Å². The molecule has 0 heterocycles. The van der Waals surface area contributed by atoms with E-state index >= 15 is 0 Å². The Morgan fingerprint density at radius 1 is 1.21 bits per heavy atom. The summed E-state index contributed by atoms with van der Waals surface area (Å²) in [5.41, 5.74) is 4.95. The number of methoxy groups -OCH3 is 1. The predicted molar refractivity (Wildman–Crippen MR) is 61.1 cm³/mol. The van der Waals surface area contributed by atoms with Crippen molar-refractivity contribution in [3.8, 4) is 0 Å². The van der Waals surface area contributed by atoms with Crippen molar-refractivity contribution in [1.29, 1.82) is 0 Å². The molecule has 0 fully saturated rings. The Morgan fingerprint density at radius 2 is 1.84 bits per heavy atom. The van der Waals surface area contributed by atoms with Crippen LogP contribution in [0.1, 0.15) is 6.42 Å². The number of hydrogen-bond acceptors (Lipinski definition) is 5. The monoisotopic (exact) mass is 288 g/mol. The van der Waals surface area contributed by atoms with Gasteiger partial charge in [0, 0.05) is 20.3 Å². The Bertz CT molecular complexity index is 262. The van der Waals surface area contributed by atoms with E-state index < -0.39 is 24.5 Å². The topological polar surface area (TPSA) is 86.3 Å². The summed E-state index contributed by atoms with van der Waals surface area (Å²) in [5.74, 6) is -3.04. The number of oxime groups is 1. The highest BCUT2D eigenvalue weighted by Crippen LogP contribution is 2.26. The van der Waals surface area contributed by atoms with Crippen LogP contribution in [0.5, 0.6) is 0 Å². The minimum atomic E-state index is -4.62. The lowest BCUT2D eigenvalue weighted by molar-refractivity contribution is -0.169. The zero-order valence-corrected chi connectivity index (χ0v) is 10.7. The first-order valence-corrected chi connectivity index (χ1v) is 5.62. The fourth-order valence-electron chi connectivity index (χ4n) is 1.14. The molecular weight excluding hydrogens is 269 g/mol. The van der Waals surface area contributed by atoms with Gasteiger partial charge in [0.15, 0.2) is 5.84 Å². The Labute approximate surface area is 109 Å². The van der Waals surface area contributed by atoms with Gasteiger partial charge in [-0.25, -0.2) is 0 Å². The summed E-state index contributed by atoms with van der Waals surface area (Å²) in [4.78, 5) is 0. The highest BCUT2D eigenvalue weighted by atomic mass is 19.4. The molecule has 114 valence electrons. The molecule has 0 saturated carbocycles. The molecule has 19 heavy (non-hydrogen) atoms. The number of amidine groups is 1. The van der Waals surface area contributed by atoms with Gasteiger partial charge < -0.3 is 25.2 Å². The molecule has 0 rings (SSSR count). The highest BCUT2D eigenvalue weighted by molar-refractivity contribution is 5.83. The lowest BCUT2D eigenvalue weighted by Gasteiger charge is -2.18. The number of rotatable bonds is 10. The molecule has 0 spiro atoms. The average Bonchev–Trinajstić information content (AvgIpc) is 2.34. The molecule has 3 N–H and O–H groups in total. The van der Waals surface area contributed by atoms with Crippen molar-refractivity contribution in [2.24, 2.45) is 16.8 Å². The van der Waals surface area contributed by atoms with Crippen LogP contribution in [0.4, 0.5) is 13.2 Å². The molecule has 0 amide bonds. The zero-order valence-electron chi connectivity index (χ0n) is 10.7. The molecule has 0 aliphatic carbocycles. The number of alkyl halides is 3. The van der Waals surface area contributed by atoms with Crippen LogP contribution in [0.25, 0.3) is 0 Å². The molecule has 0 radical (unpaired) electrons. The van der Waals surface area contributed by atoms with Crippen LogP contribution in [-0.4, -0.2) is 57.4 Å². The summed E-state index contributed by atoms with van der Waals surface area (Å²) in [7, 11) is 1.56. The maximum Gasteiger partial charge on any atom is 0.401 e. The second-order valence-electron chi connectivity index (χ2n) is 3.65. The van der Waals surface area contributed by atoms with E-state index in [-0.39, 0.29) is 13.2 Å². The molecular formula is C10H19F3N2O4. The maximum absolute atomic E-state index is 12.5. The molecule has 0 aromatic carbocycles. The molecule has 0 saturated heterocycles. The number of hydrogen-bond donors (Lipinski definition) is 2. The second kappa shape index (κ2) is 9.82. The van der Waals surface area contributed by atoms with Crippen LogP contribution < -0.4 is 5.73 Å². The van der Waals surface area contributed by atoms with Crippen molar-refractivity contribution in [1.82, 2.24) is 0 Å². The van der Waals surface area contributed by atoms with E-state index in [1.54, 1.807) is 7.11 Å². The van der Waals surface area contributed by atoms with E-state index in [0.29, 0.717) is 19.6 Å². The van der Waals surface area contributed by atoms with Gasteiger partial charge >= 0.3 is 6.18 Å². The molecule has 0 aromatic rings. The Balaban J connectivity index is 3.77. The van der Waals surface area contributed by atoms with Gasteiger partial charge in [0.05, 0.1) is 19.8 Å². The van der Waals surface area contributed by atoms with E-state index in [0.717, 1.165) is 0 Å². The molecule has 0 bridgehead atoms. The number of halogens is 3. The van der Waals surface area contributed by atoms with Crippen LogP contribution in [-0.2, 0) is 14.2 Å². The van der Waals surface area contributed by atoms with Gasteiger partial charge in [0.2, 0.25) is 0 Å². The summed E-state index contributed by atoms with van der Waals surface area (Å²) in [6, 6.07) is 0. The summed E-state index contributed by atoms with van der Waals surface area (Å²) in [6.45, 7) is 0.462. The molecule has 1 atom stereocenters. The van der Waals surface area contributed by atoms with Crippen molar-refractivity contribution >= 4 is 5.84 Å². The summed E-state index contributed by atoms with van der Waals surface area (Å²) >= 11 is 0. The van der Waals surface area contributed by atoms with Gasteiger partial charge in [-0.1, -0.05) is 5.16 Å². The van der Waals surface area contributed by atoms with E-state index in [1.165, 1.54) is 0 Å². The molecule has 0 aliphatic heterocycles. The molecule has 0 aromatic heterocycles. The van der Waals surface area contributed by atoms with Gasteiger partial charge in [-0.2, -0.15) is 13.2 Å². The Morgan fingerprint density at radius 3 is 2.37 bits per heavy atom. The van der Waals surface area contributed by atoms with Crippen molar-refractivity contribution in [2.45, 2.75) is 12.6 Å². The van der Waals surface area contributed by atoms with Crippen molar-refractivity contribution in [3.05, 3.63) is 0 Å². The van der Waals surface area contributed by atoms with Crippen LogP contribution in [0, 0.1) is 5.92 Å². The molecule has 1 unspecified atom stereocenters. The van der Waals surface area contributed by atoms with Gasteiger partial charge in [0.1, 0.15) is 5.92 Å². The fraction of sp³-hybridized carbons (Fsp3) is 0.900. The van der Waals surface area contributed by atoms with Crippen LogP contribution >= 0.6 is 0 Å². The van der Waals surface area contributed by atoms with Gasteiger partial charge in [0.25, 0.3) is 0 Å². The van der Waals surface area contributed by atoms with Crippen LogP contribution in [0.15, 0.2) is 5.16 Å². The lowest BCUT2D eigenvalue weighted by Crippen LogP contribution is -2.39. The first-order chi connectivity index (χ1) is 8.93. The maximum atomic E-state index is 12.5. The second-order valence-corrected chi connectivity index (χ2v) is 3.65. The van der Waals surface area contributed by atoms with Gasteiger partial charge in [-0.3, -0.25) is 0 Å². The van der Waals surface area contributed by atoms with E-state index in [9.17, 15) is 13.2 Å². The predicted octanol–water partition coefficient (Wildman–Crippen LogP) is 0.981. The first kappa shape index (κ1) is 17.9. The lowest BCUT2D eigenvalue weighted by atomic mass is 10.1. The highest BCUT2D eigenvalue weighted by Gasteiger charge is 2.43. The SMILES string of the molecule is COCCCOCCOCC(C(N)=NO)C(F)(F)F. The summed E-state index contributed by atoms with van der Waals surface area (Å²) in [5, 5.41) is 10.6. The van der Waals surface area contributed by atoms with Crippen molar-refractivity contribution < 1.29 is 32.6 Å². The third-order valence-electron chi connectivity index (χ3n) is 2.16. The van der Waals surface area contributed by atoms with Crippen molar-refractivity contribution in [3.63, 3.8) is 0 Å². The average molecular weight is 288 g/mol. The van der Waals surface area contributed by atoms with Crippen LogP contribution in [0.3, 0.4) is 0 Å². The van der Waals surface area contributed by atoms with Crippen molar-refractivity contribution in [2.75, 3.05) is 40.1 Å².